The van der Waals surface area contributed by atoms with E-state index < -0.39 is 0 Å². The largest absolute Gasteiger partial charge is 0.326 e. The second-order valence-electron chi connectivity index (χ2n) is 6.21. The molecular weight excluding hydrogens is 239 g/mol. The van der Waals surface area contributed by atoms with Crippen LogP contribution in [0.15, 0.2) is 18.2 Å². The van der Waals surface area contributed by atoms with Gasteiger partial charge in [-0.05, 0) is 49.1 Å². The molecule has 3 heteroatoms. The zero-order valence-electron chi connectivity index (χ0n) is 11.4. The molecule has 2 aliphatic rings. The molecule has 0 unspecified atom stereocenters. The van der Waals surface area contributed by atoms with Gasteiger partial charge >= 0.3 is 0 Å². The molecule has 104 valence electrons. The summed E-state index contributed by atoms with van der Waals surface area (Å²) in [6.07, 6.45) is 5.41. The fourth-order valence-electron chi connectivity index (χ4n) is 2.65. The molecule has 0 heterocycles. The predicted octanol–water partition coefficient (Wildman–Crippen LogP) is 2.91. The molecule has 2 saturated carbocycles. The Balaban J connectivity index is 1.67. The highest BCUT2D eigenvalue weighted by atomic mass is 19.1. The maximum atomic E-state index is 13.9. The van der Waals surface area contributed by atoms with E-state index in [-0.39, 0.29) is 5.82 Å². The summed E-state index contributed by atoms with van der Waals surface area (Å²) in [5, 5.41) is 0. The molecule has 0 spiro atoms. The minimum atomic E-state index is -0.0891. The Morgan fingerprint density at radius 1 is 1.11 bits per heavy atom. The fourth-order valence-corrected chi connectivity index (χ4v) is 2.65. The van der Waals surface area contributed by atoms with Crippen molar-refractivity contribution in [1.82, 2.24) is 4.90 Å². The highest BCUT2D eigenvalue weighted by Crippen LogP contribution is 2.34. The number of hydrogen-bond donors (Lipinski definition) is 1. The lowest BCUT2D eigenvalue weighted by molar-refractivity contribution is 0.241. The van der Waals surface area contributed by atoms with Crippen LogP contribution in [-0.4, -0.2) is 18.0 Å². The first kappa shape index (κ1) is 13.1. The van der Waals surface area contributed by atoms with E-state index in [9.17, 15) is 4.39 Å². The predicted molar refractivity (Wildman–Crippen MR) is 75.0 cm³/mol. The van der Waals surface area contributed by atoms with Gasteiger partial charge in [0.15, 0.2) is 0 Å². The molecule has 2 N–H and O–H groups in total. The number of hydrogen-bond acceptors (Lipinski definition) is 2. The number of rotatable bonds is 7. The SMILES string of the molecule is NCc1ccc(F)c(CN(CC2CC2)CC2CC2)c1. The average molecular weight is 262 g/mol. The molecule has 1 aromatic carbocycles. The number of halogens is 1. The smallest absolute Gasteiger partial charge is 0.127 e. The van der Waals surface area contributed by atoms with E-state index in [1.807, 2.05) is 6.07 Å². The summed E-state index contributed by atoms with van der Waals surface area (Å²) in [5.74, 6) is 1.63. The molecule has 0 radical (unpaired) electrons. The Hall–Kier alpha value is -0.930. The van der Waals surface area contributed by atoms with Crippen molar-refractivity contribution < 1.29 is 4.39 Å². The van der Waals surface area contributed by atoms with Crippen LogP contribution in [0, 0.1) is 17.7 Å². The van der Waals surface area contributed by atoms with Crippen molar-refractivity contribution in [2.75, 3.05) is 13.1 Å². The maximum Gasteiger partial charge on any atom is 0.127 e. The van der Waals surface area contributed by atoms with Gasteiger partial charge in [-0.15, -0.1) is 0 Å². The van der Waals surface area contributed by atoms with Gasteiger partial charge < -0.3 is 5.73 Å². The minimum absolute atomic E-state index is 0.0891. The highest BCUT2D eigenvalue weighted by Gasteiger charge is 2.29. The summed E-state index contributed by atoms with van der Waals surface area (Å²) in [6, 6.07) is 5.27. The van der Waals surface area contributed by atoms with E-state index in [1.165, 1.54) is 25.7 Å². The summed E-state index contributed by atoms with van der Waals surface area (Å²) in [7, 11) is 0. The van der Waals surface area contributed by atoms with E-state index in [0.717, 1.165) is 42.6 Å². The van der Waals surface area contributed by atoms with Crippen molar-refractivity contribution in [3.8, 4) is 0 Å². The summed E-state index contributed by atoms with van der Waals surface area (Å²) < 4.78 is 13.9. The molecule has 19 heavy (non-hydrogen) atoms. The van der Waals surface area contributed by atoms with E-state index in [0.29, 0.717) is 6.54 Å². The normalized spacial score (nSPS) is 19.1. The van der Waals surface area contributed by atoms with Crippen molar-refractivity contribution in [1.29, 1.82) is 0 Å². The monoisotopic (exact) mass is 262 g/mol. The summed E-state index contributed by atoms with van der Waals surface area (Å²) >= 11 is 0. The minimum Gasteiger partial charge on any atom is -0.326 e. The zero-order valence-corrected chi connectivity index (χ0v) is 11.4. The molecule has 0 aromatic heterocycles. The molecule has 3 rings (SSSR count). The Morgan fingerprint density at radius 2 is 1.74 bits per heavy atom. The Morgan fingerprint density at radius 3 is 2.26 bits per heavy atom. The van der Waals surface area contributed by atoms with Crippen LogP contribution in [0.1, 0.15) is 36.8 Å². The Kier molecular flexibility index (Phi) is 3.85. The van der Waals surface area contributed by atoms with Crippen LogP contribution >= 0.6 is 0 Å². The molecule has 2 fully saturated rings. The second-order valence-corrected chi connectivity index (χ2v) is 6.21. The molecule has 0 aliphatic heterocycles. The third-order valence-electron chi connectivity index (χ3n) is 4.17. The van der Waals surface area contributed by atoms with Crippen LogP contribution in [0.25, 0.3) is 0 Å². The summed E-state index contributed by atoms with van der Waals surface area (Å²) in [4.78, 5) is 2.45. The molecule has 0 bridgehead atoms. The van der Waals surface area contributed by atoms with Gasteiger partial charge in [-0.1, -0.05) is 12.1 Å². The van der Waals surface area contributed by atoms with Crippen LogP contribution < -0.4 is 5.73 Å². The molecule has 2 aliphatic carbocycles. The van der Waals surface area contributed by atoms with Crippen molar-refractivity contribution >= 4 is 0 Å². The van der Waals surface area contributed by atoms with Gasteiger partial charge in [0.05, 0.1) is 0 Å². The van der Waals surface area contributed by atoms with E-state index >= 15 is 0 Å². The molecular formula is C16H23FN2. The van der Waals surface area contributed by atoms with Crippen molar-refractivity contribution in [2.45, 2.75) is 38.8 Å². The van der Waals surface area contributed by atoms with Crippen LogP contribution in [0.2, 0.25) is 0 Å². The number of nitrogens with zero attached hydrogens (tertiary/aromatic N) is 1. The third kappa shape index (κ3) is 3.77. The van der Waals surface area contributed by atoms with Gasteiger partial charge in [-0.25, -0.2) is 4.39 Å². The van der Waals surface area contributed by atoms with Gasteiger partial charge in [0.1, 0.15) is 5.82 Å². The number of nitrogens with two attached hydrogens (primary N) is 1. The zero-order chi connectivity index (χ0) is 13.2. The van der Waals surface area contributed by atoms with E-state index in [2.05, 4.69) is 4.90 Å². The lowest BCUT2D eigenvalue weighted by Gasteiger charge is -2.22. The van der Waals surface area contributed by atoms with Crippen LogP contribution in [-0.2, 0) is 13.1 Å². The van der Waals surface area contributed by atoms with Crippen LogP contribution in [0.3, 0.4) is 0 Å². The number of benzene rings is 1. The molecule has 0 saturated heterocycles. The Bertz CT molecular complexity index is 424. The summed E-state index contributed by atoms with van der Waals surface area (Å²) in [6.45, 7) is 3.51. The lowest BCUT2D eigenvalue weighted by Crippen LogP contribution is -2.28. The second kappa shape index (κ2) is 5.59. The molecule has 1 aromatic rings. The van der Waals surface area contributed by atoms with Crippen LogP contribution in [0.4, 0.5) is 4.39 Å². The van der Waals surface area contributed by atoms with E-state index in [1.54, 1.807) is 12.1 Å². The van der Waals surface area contributed by atoms with E-state index in [4.69, 9.17) is 5.73 Å². The first-order chi connectivity index (χ1) is 9.24. The van der Waals surface area contributed by atoms with Gasteiger partial charge in [-0.2, -0.15) is 0 Å². The Labute approximate surface area is 114 Å². The standard InChI is InChI=1S/C16H23FN2/c17-16-6-5-14(8-18)7-15(16)11-19(9-12-1-2-12)10-13-3-4-13/h5-7,12-13H,1-4,8-11,18H2. The molecule has 2 nitrogen and oxygen atoms in total. The highest BCUT2D eigenvalue weighted by molar-refractivity contribution is 5.25. The molecule has 0 amide bonds. The fraction of sp³-hybridized carbons (Fsp3) is 0.625. The average Bonchev–Trinajstić information content (AvgIpc) is 3.28. The van der Waals surface area contributed by atoms with Crippen LogP contribution in [0.5, 0.6) is 0 Å². The quantitative estimate of drug-likeness (QED) is 0.818. The third-order valence-corrected chi connectivity index (χ3v) is 4.17. The topological polar surface area (TPSA) is 29.3 Å². The van der Waals surface area contributed by atoms with Crippen molar-refractivity contribution in [3.63, 3.8) is 0 Å². The lowest BCUT2D eigenvalue weighted by atomic mass is 10.1. The van der Waals surface area contributed by atoms with Gasteiger partial charge in [0.25, 0.3) is 0 Å². The van der Waals surface area contributed by atoms with Crippen molar-refractivity contribution in [3.05, 3.63) is 35.1 Å². The molecule has 0 atom stereocenters. The van der Waals surface area contributed by atoms with Gasteiger partial charge in [-0.3, -0.25) is 4.90 Å². The summed E-state index contributed by atoms with van der Waals surface area (Å²) in [5.41, 5.74) is 7.48. The van der Waals surface area contributed by atoms with Crippen molar-refractivity contribution in [2.24, 2.45) is 17.6 Å². The first-order valence-electron chi connectivity index (χ1n) is 7.44. The van der Waals surface area contributed by atoms with Gasteiger partial charge in [0.2, 0.25) is 0 Å². The maximum absolute atomic E-state index is 13.9. The van der Waals surface area contributed by atoms with Gasteiger partial charge in [0, 0.05) is 31.7 Å². The first-order valence-corrected chi connectivity index (χ1v) is 7.44.